The van der Waals surface area contributed by atoms with Gasteiger partial charge in [-0.1, -0.05) is 0 Å². The summed E-state index contributed by atoms with van der Waals surface area (Å²) in [5.74, 6) is 2.57. The molecule has 0 atom stereocenters. The second kappa shape index (κ2) is 7.92. The highest BCUT2D eigenvalue weighted by Crippen LogP contribution is 2.43. The van der Waals surface area contributed by atoms with Gasteiger partial charge in [-0.15, -0.1) is 0 Å². The van der Waals surface area contributed by atoms with Gasteiger partial charge >= 0.3 is 0 Å². The van der Waals surface area contributed by atoms with E-state index in [0.29, 0.717) is 53.9 Å². The van der Waals surface area contributed by atoms with Crippen LogP contribution in [0.2, 0.25) is 0 Å². The highest BCUT2D eigenvalue weighted by atomic mass is 79.9. The minimum absolute atomic E-state index is 0.187. The summed E-state index contributed by atoms with van der Waals surface area (Å²) in [4.78, 5) is 0. The number of ether oxygens (including phenoxy) is 4. The first kappa shape index (κ1) is 20.5. The lowest BCUT2D eigenvalue weighted by Gasteiger charge is -2.26. The fraction of sp³-hybridized carbons (Fsp3) is 0.250. The predicted molar refractivity (Wildman–Crippen MR) is 121 cm³/mol. The zero-order valence-corrected chi connectivity index (χ0v) is 19.2. The third-order valence-electron chi connectivity index (χ3n) is 5.86. The zero-order valence-electron chi connectivity index (χ0n) is 17.6. The van der Waals surface area contributed by atoms with Crippen LogP contribution in [0, 0.1) is 16.7 Å². The second-order valence-electron chi connectivity index (χ2n) is 7.53. The normalized spacial score (nSPS) is 13.6. The number of benzene rings is 2. The van der Waals surface area contributed by atoms with Gasteiger partial charge in [-0.3, -0.25) is 5.41 Å². The van der Waals surface area contributed by atoms with E-state index in [1.165, 1.54) is 0 Å². The molecule has 0 saturated heterocycles. The monoisotopic (exact) mass is 493 g/mol. The molecular formula is C24H20BrN3O4. The van der Waals surface area contributed by atoms with Crippen molar-refractivity contribution in [3.63, 3.8) is 0 Å². The average Bonchev–Trinajstić information content (AvgIpc) is 2.82. The van der Waals surface area contributed by atoms with Gasteiger partial charge in [0, 0.05) is 17.7 Å². The summed E-state index contributed by atoms with van der Waals surface area (Å²) in [6.45, 7) is 1.56. The lowest BCUT2D eigenvalue weighted by Crippen LogP contribution is -2.29. The summed E-state index contributed by atoms with van der Waals surface area (Å²) in [7, 11) is 3.22. The Labute approximate surface area is 193 Å². The van der Waals surface area contributed by atoms with Crippen molar-refractivity contribution in [2.75, 3.05) is 27.4 Å². The van der Waals surface area contributed by atoms with Crippen LogP contribution < -0.4 is 24.4 Å². The van der Waals surface area contributed by atoms with Crippen LogP contribution in [0.4, 0.5) is 0 Å². The number of pyridine rings is 1. The zero-order chi connectivity index (χ0) is 22.4. The summed E-state index contributed by atoms with van der Waals surface area (Å²) < 4.78 is 25.1. The Morgan fingerprint density at radius 3 is 2.53 bits per heavy atom. The van der Waals surface area contributed by atoms with E-state index in [0.717, 1.165) is 33.3 Å². The molecule has 0 unspecified atom stereocenters. The van der Waals surface area contributed by atoms with E-state index in [-0.39, 0.29) is 5.49 Å². The summed E-state index contributed by atoms with van der Waals surface area (Å²) >= 11 is 3.56. The third-order valence-corrected chi connectivity index (χ3v) is 6.45. The van der Waals surface area contributed by atoms with Crippen molar-refractivity contribution in [2.45, 2.75) is 13.0 Å². The molecule has 0 amide bonds. The van der Waals surface area contributed by atoms with Crippen molar-refractivity contribution < 1.29 is 18.9 Å². The Kier molecular flexibility index (Phi) is 5.06. The van der Waals surface area contributed by atoms with Crippen molar-refractivity contribution in [3.05, 3.63) is 51.4 Å². The van der Waals surface area contributed by atoms with E-state index < -0.39 is 0 Å². The summed E-state index contributed by atoms with van der Waals surface area (Å²) in [5.41, 5.74) is 4.89. The van der Waals surface area contributed by atoms with Gasteiger partial charge in [-0.25, -0.2) is 0 Å². The van der Waals surface area contributed by atoms with Gasteiger partial charge in [0.1, 0.15) is 30.3 Å². The number of hydrogen-bond donors (Lipinski definition) is 1. The molecule has 2 aromatic carbocycles. The van der Waals surface area contributed by atoms with Crippen molar-refractivity contribution in [1.29, 1.82) is 10.7 Å². The quantitative estimate of drug-likeness (QED) is 0.587. The van der Waals surface area contributed by atoms with E-state index in [1.807, 2.05) is 34.9 Å². The maximum absolute atomic E-state index is 9.93. The number of methoxy groups -OCH3 is 2. The highest BCUT2D eigenvalue weighted by Gasteiger charge is 2.24. The molecule has 1 aromatic heterocycles. The second-order valence-corrected chi connectivity index (χ2v) is 8.38. The predicted octanol–water partition coefficient (Wildman–Crippen LogP) is 4.28. The maximum Gasteiger partial charge on any atom is 0.175 e. The summed E-state index contributed by atoms with van der Waals surface area (Å²) in [6, 6.07) is 11.9. The minimum atomic E-state index is 0.187. The van der Waals surface area contributed by atoms with E-state index in [9.17, 15) is 5.26 Å². The number of hydrogen-bond acceptors (Lipinski definition) is 6. The van der Waals surface area contributed by atoms with E-state index in [4.69, 9.17) is 24.4 Å². The number of aryl methyl sites for hydroxylation is 1. The number of rotatable bonds is 3. The number of nitriles is 1. The first-order chi connectivity index (χ1) is 15.5. The largest absolute Gasteiger partial charge is 0.493 e. The molecule has 8 heteroatoms. The number of nitrogens with one attached hydrogen (secondary N) is 1. The molecule has 0 bridgehead atoms. The smallest absolute Gasteiger partial charge is 0.175 e. The van der Waals surface area contributed by atoms with Crippen molar-refractivity contribution >= 4 is 15.9 Å². The van der Waals surface area contributed by atoms with Gasteiger partial charge in [-0.05, 0) is 63.8 Å². The topological polar surface area (TPSA) is 89.5 Å². The number of halogens is 1. The number of nitrogens with zero attached hydrogens (tertiary/aromatic N) is 2. The molecule has 0 radical (unpaired) electrons. The molecule has 2 aliphatic rings. The van der Waals surface area contributed by atoms with Gasteiger partial charge in [0.2, 0.25) is 0 Å². The number of aromatic nitrogens is 1. The van der Waals surface area contributed by atoms with Gasteiger partial charge in [0.05, 0.1) is 24.4 Å². The molecule has 0 saturated carbocycles. The molecule has 32 heavy (non-hydrogen) atoms. The van der Waals surface area contributed by atoms with E-state index in [2.05, 4.69) is 22.0 Å². The van der Waals surface area contributed by atoms with Crippen molar-refractivity contribution in [3.8, 4) is 51.5 Å². The maximum atomic E-state index is 9.93. The molecule has 1 N–H and O–H groups in total. The number of fused-ring (bicyclic) bond motifs is 4. The Morgan fingerprint density at radius 2 is 1.78 bits per heavy atom. The molecule has 3 aromatic rings. The molecule has 0 spiro atoms. The summed E-state index contributed by atoms with van der Waals surface area (Å²) in [6.07, 6.45) is 0.735. The van der Waals surface area contributed by atoms with Crippen LogP contribution in [0.3, 0.4) is 0 Å². The molecular weight excluding hydrogens is 474 g/mol. The van der Waals surface area contributed by atoms with Crippen LogP contribution in [0.1, 0.15) is 11.1 Å². The van der Waals surface area contributed by atoms with Gasteiger partial charge in [0.25, 0.3) is 0 Å². The fourth-order valence-corrected chi connectivity index (χ4v) is 4.89. The molecule has 7 nitrogen and oxygen atoms in total. The van der Waals surface area contributed by atoms with Gasteiger partial charge in [0.15, 0.2) is 23.0 Å². The van der Waals surface area contributed by atoms with Gasteiger partial charge in [-0.2, -0.15) is 5.26 Å². The Balaban J connectivity index is 1.76. The Hall–Kier alpha value is -3.44. The van der Waals surface area contributed by atoms with Crippen molar-refractivity contribution in [1.82, 2.24) is 4.57 Å². The van der Waals surface area contributed by atoms with Crippen LogP contribution in [0.25, 0.3) is 22.4 Å². The average molecular weight is 494 g/mol. The Bertz CT molecular complexity index is 1360. The first-order valence-electron chi connectivity index (χ1n) is 10.1. The molecule has 0 fully saturated rings. The van der Waals surface area contributed by atoms with Crippen LogP contribution in [-0.4, -0.2) is 32.0 Å². The SMILES string of the molecule is COc1cc2c(cc1OC)-c1cc(-c3cc(Br)c4c(c3)OCCO4)c(C#N)c(=N)n1CC2. The third kappa shape index (κ3) is 3.12. The molecule has 162 valence electrons. The van der Waals surface area contributed by atoms with E-state index in [1.54, 1.807) is 14.2 Å². The molecule has 0 aliphatic carbocycles. The molecule has 3 heterocycles. The van der Waals surface area contributed by atoms with Crippen LogP contribution in [0.5, 0.6) is 23.0 Å². The van der Waals surface area contributed by atoms with E-state index >= 15 is 0 Å². The fourth-order valence-electron chi connectivity index (χ4n) is 4.33. The van der Waals surface area contributed by atoms with Crippen LogP contribution in [0.15, 0.2) is 34.8 Å². The minimum Gasteiger partial charge on any atom is -0.493 e. The van der Waals surface area contributed by atoms with Crippen molar-refractivity contribution in [2.24, 2.45) is 0 Å². The first-order valence-corrected chi connectivity index (χ1v) is 10.9. The lowest BCUT2D eigenvalue weighted by atomic mass is 9.92. The highest BCUT2D eigenvalue weighted by molar-refractivity contribution is 9.10. The lowest BCUT2D eigenvalue weighted by molar-refractivity contribution is 0.170. The standard InChI is InChI=1S/C24H20BrN3O4/c1-29-20-8-13-3-4-28-19(16(13)11-21(20)30-2)10-15(17(12-26)24(28)27)14-7-18(25)23-22(9-14)31-5-6-32-23/h7-11,27H,3-6H2,1-2H3. The summed E-state index contributed by atoms with van der Waals surface area (Å²) in [5, 5.41) is 18.7. The molecule has 2 aliphatic heterocycles. The molecule has 5 rings (SSSR count). The Morgan fingerprint density at radius 1 is 1.03 bits per heavy atom. The van der Waals surface area contributed by atoms with Crippen LogP contribution in [-0.2, 0) is 13.0 Å². The van der Waals surface area contributed by atoms with Gasteiger partial charge < -0.3 is 23.5 Å². The van der Waals surface area contributed by atoms with Crippen LogP contribution >= 0.6 is 15.9 Å².